The molecule has 0 unspecified atom stereocenters. The van der Waals surface area contributed by atoms with Gasteiger partial charge in [0.1, 0.15) is 6.54 Å². The highest BCUT2D eigenvalue weighted by Gasteiger charge is 2.16. The average Bonchev–Trinajstić information content (AvgIpc) is 2.43. The number of aromatic carboxylic acids is 1. The Morgan fingerprint density at radius 2 is 2.00 bits per heavy atom. The second-order valence-electron chi connectivity index (χ2n) is 4.05. The summed E-state index contributed by atoms with van der Waals surface area (Å²) < 4.78 is 4.49. The van der Waals surface area contributed by atoms with Gasteiger partial charge in [-0.2, -0.15) is 0 Å². The molecule has 0 radical (unpaired) electrons. The number of hydrogen-bond acceptors (Lipinski definition) is 4. The van der Waals surface area contributed by atoms with Gasteiger partial charge in [-0.1, -0.05) is 11.6 Å². The molecule has 21 heavy (non-hydrogen) atoms. The fraction of sp³-hybridized carbons (Fsp3) is 0.308. The third-order valence-corrected chi connectivity index (χ3v) is 2.83. The third kappa shape index (κ3) is 4.96. The van der Waals surface area contributed by atoms with Gasteiger partial charge >= 0.3 is 18.0 Å². The van der Waals surface area contributed by atoms with Crippen LogP contribution in [0.1, 0.15) is 17.3 Å². The molecule has 0 aliphatic carbocycles. The van der Waals surface area contributed by atoms with Crippen molar-refractivity contribution in [1.29, 1.82) is 0 Å². The number of methoxy groups -OCH3 is 1. The van der Waals surface area contributed by atoms with E-state index in [0.29, 0.717) is 0 Å². The number of carboxylic acids is 1. The first-order valence-corrected chi connectivity index (χ1v) is 6.41. The van der Waals surface area contributed by atoms with Crippen LogP contribution in [0.25, 0.3) is 0 Å². The Bertz CT molecular complexity index is 561. The van der Waals surface area contributed by atoms with Crippen LogP contribution < -0.4 is 5.32 Å². The van der Waals surface area contributed by atoms with Gasteiger partial charge in [0, 0.05) is 17.3 Å². The van der Waals surface area contributed by atoms with Gasteiger partial charge in [0.2, 0.25) is 0 Å². The third-order valence-electron chi connectivity index (χ3n) is 2.61. The summed E-state index contributed by atoms with van der Waals surface area (Å²) in [5.74, 6) is -1.71. The standard InChI is InChI=1S/C13H15ClN2O5/c1-3-16(7-11(17)21-2)13(20)15-10-5-8(12(18)19)4-9(14)6-10/h4-6H,3,7H2,1-2H3,(H,15,20)(H,18,19). The summed E-state index contributed by atoms with van der Waals surface area (Å²) in [6, 6.07) is 3.41. The Morgan fingerprint density at radius 1 is 1.33 bits per heavy atom. The fourth-order valence-electron chi connectivity index (χ4n) is 1.54. The van der Waals surface area contributed by atoms with Gasteiger partial charge in [0.25, 0.3) is 0 Å². The van der Waals surface area contributed by atoms with Crippen molar-refractivity contribution in [2.24, 2.45) is 0 Å². The number of ether oxygens (including phenoxy) is 1. The second-order valence-corrected chi connectivity index (χ2v) is 4.49. The number of carbonyl (C=O) groups excluding carboxylic acids is 2. The Labute approximate surface area is 126 Å². The number of likely N-dealkylation sites (N-methyl/N-ethyl adjacent to an activating group) is 1. The summed E-state index contributed by atoms with van der Waals surface area (Å²) in [5, 5.41) is 11.6. The van der Waals surface area contributed by atoms with Crippen LogP contribution in [0.15, 0.2) is 18.2 Å². The van der Waals surface area contributed by atoms with Crippen LogP contribution in [-0.4, -0.2) is 48.2 Å². The summed E-state index contributed by atoms with van der Waals surface area (Å²) in [4.78, 5) is 35.3. The van der Waals surface area contributed by atoms with Gasteiger partial charge in [-0.3, -0.25) is 4.79 Å². The molecule has 1 rings (SSSR count). The van der Waals surface area contributed by atoms with Gasteiger partial charge in [0.05, 0.1) is 12.7 Å². The van der Waals surface area contributed by atoms with Crippen LogP contribution in [0.4, 0.5) is 10.5 Å². The quantitative estimate of drug-likeness (QED) is 0.811. The van der Waals surface area contributed by atoms with E-state index >= 15 is 0 Å². The fourth-order valence-corrected chi connectivity index (χ4v) is 1.77. The minimum Gasteiger partial charge on any atom is -0.478 e. The lowest BCUT2D eigenvalue weighted by molar-refractivity contribution is -0.141. The van der Waals surface area contributed by atoms with Crippen molar-refractivity contribution in [3.8, 4) is 0 Å². The second kappa shape index (κ2) is 7.49. The van der Waals surface area contributed by atoms with E-state index in [2.05, 4.69) is 10.1 Å². The van der Waals surface area contributed by atoms with Crippen molar-refractivity contribution in [3.63, 3.8) is 0 Å². The highest BCUT2D eigenvalue weighted by atomic mass is 35.5. The van der Waals surface area contributed by atoms with E-state index in [9.17, 15) is 14.4 Å². The molecule has 0 spiro atoms. The number of hydrogen-bond donors (Lipinski definition) is 2. The van der Waals surface area contributed by atoms with E-state index in [1.165, 1.54) is 30.2 Å². The number of halogens is 1. The first kappa shape index (κ1) is 16.8. The van der Waals surface area contributed by atoms with Gasteiger partial charge in [-0.15, -0.1) is 0 Å². The first-order chi connectivity index (χ1) is 9.87. The predicted molar refractivity (Wildman–Crippen MR) is 76.7 cm³/mol. The van der Waals surface area contributed by atoms with Crippen LogP contribution in [0.2, 0.25) is 5.02 Å². The molecule has 7 nitrogen and oxygen atoms in total. The van der Waals surface area contributed by atoms with Crippen molar-refractivity contribution >= 4 is 35.3 Å². The normalized spacial score (nSPS) is 9.86. The van der Waals surface area contributed by atoms with Crippen LogP contribution in [0.3, 0.4) is 0 Å². The lowest BCUT2D eigenvalue weighted by atomic mass is 10.2. The maximum absolute atomic E-state index is 12.0. The Hall–Kier alpha value is -2.28. The SMILES string of the molecule is CCN(CC(=O)OC)C(=O)Nc1cc(Cl)cc(C(=O)O)c1. The minimum absolute atomic E-state index is 0.0474. The predicted octanol–water partition coefficient (Wildman–Crippen LogP) is 2.07. The van der Waals surface area contributed by atoms with Gasteiger partial charge in [0.15, 0.2) is 0 Å². The van der Waals surface area contributed by atoms with Crippen LogP contribution in [0.5, 0.6) is 0 Å². The summed E-state index contributed by atoms with van der Waals surface area (Å²) >= 11 is 5.80. The lowest BCUT2D eigenvalue weighted by Gasteiger charge is -2.20. The number of anilines is 1. The van der Waals surface area contributed by atoms with Crippen molar-refractivity contribution in [2.75, 3.05) is 25.5 Å². The number of amides is 2. The molecule has 0 heterocycles. The zero-order valence-corrected chi connectivity index (χ0v) is 12.3. The van der Waals surface area contributed by atoms with E-state index in [1.54, 1.807) is 6.92 Å². The molecule has 0 saturated heterocycles. The Balaban J connectivity index is 2.86. The number of rotatable bonds is 5. The number of carboxylic acid groups (broad SMARTS) is 1. The zero-order chi connectivity index (χ0) is 16.0. The summed E-state index contributed by atoms with van der Waals surface area (Å²) in [5.41, 5.74) is 0.182. The van der Waals surface area contributed by atoms with E-state index < -0.39 is 18.0 Å². The molecular weight excluding hydrogens is 300 g/mol. The number of nitrogens with one attached hydrogen (secondary N) is 1. The van der Waals surface area contributed by atoms with E-state index in [1.807, 2.05) is 0 Å². The van der Waals surface area contributed by atoms with Gasteiger partial charge < -0.3 is 20.1 Å². The number of urea groups is 1. The summed E-state index contributed by atoms with van der Waals surface area (Å²) in [7, 11) is 1.23. The van der Waals surface area contributed by atoms with Crippen molar-refractivity contribution in [2.45, 2.75) is 6.92 Å². The molecule has 1 aromatic carbocycles. The monoisotopic (exact) mass is 314 g/mol. The molecule has 0 aliphatic heterocycles. The van der Waals surface area contributed by atoms with E-state index in [4.69, 9.17) is 16.7 Å². The largest absolute Gasteiger partial charge is 0.478 e. The van der Waals surface area contributed by atoms with E-state index in [-0.39, 0.29) is 29.4 Å². The smallest absolute Gasteiger partial charge is 0.335 e. The molecule has 114 valence electrons. The molecule has 0 atom stereocenters. The minimum atomic E-state index is -1.16. The maximum Gasteiger partial charge on any atom is 0.335 e. The number of benzene rings is 1. The maximum atomic E-state index is 12.0. The van der Waals surface area contributed by atoms with Gasteiger partial charge in [-0.25, -0.2) is 9.59 Å². The molecule has 0 saturated carbocycles. The summed E-state index contributed by atoms with van der Waals surface area (Å²) in [6.45, 7) is 1.78. The molecule has 0 aromatic heterocycles. The average molecular weight is 315 g/mol. The van der Waals surface area contributed by atoms with Crippen molar-refractivity contribution in [1.82, 2.24) is 4.90 Å². The highest BCUT2D eigenvalue weighted by molar-refractivity contribution is 6.31. The topological polar surface area (TPSA) is 95.9 Å². The van der Waals surface area contributed by atoms with Crippen molar-refractivity contribution in [3.05, 3.63) is 28.8 Å². The number of carbonyl (C=O) groups is 3. The lowest BCUT2D eigenvalue weighted by Crippen LogP contribution is -2.39. The molecule has 1 aromatic rings. The highest BCUT2D eigenvalue weighted by Crippen LogP contribution is 2.19. The van der Waals surface area contributed by atoms with Crippen molar-refractivity contribution < 1.29 is 24.2 Å². The molecule has 0 bridgehead atoms. The van der Waals surface area contributed by atoms with Crippen LogP contribution in [0, 0.1) is 0 Å². The molecule has 8 heteroatoms. The zero-order valence-electron chi connectivity index (χ0n) is 11.6. The molecule has 2 N–H and O–H groups in total. The molecule has 2 amide bonds. The molecular formula is C13H15ClN2O5. The Kier molecular flexibility index (Phi) is 5.98. The van der Waals surface area contributed by atoms with Gasteiger partial charge in [-0.05, 0) is 25.1 Å². The van der Waals surface area contributed by atoms with E-state index in [0.717, 1.165) is 0 Å². The number of nitrogens with zero attached hydrogens (tertiary/aromatic N) is 1. The number of esters is 1. The van der Waals surface area contributed by atoms with Crippen LogP contribution >= 0.6 is 11.6 Å². The first-order valence-electron chi connectivity index (χ1n) is 6.04. The Morgan fingerprint density at radius 3 is 2.52 bits per heavy atom. The van der Waals surface area contributed by atoms with Crippen LogP contribution in [-0.2, 0) is 9.53 Å². The molecule has 0 fully saturated rings. The summed E-state index contributed by atoms with van der Waals surface area (Å²) in [6.07, 6.45) is 0. The molecule has 0 aliphatic rings.